The van der Waals surface area contributed by atoms with Crippen LogP contribution in [0.2, 0.25) is 0 Å². The number of urea groups is 1. The SMILES string of the molecule is COc1cc(/C=C2\C(=O)NC(=O)N(c3ccc4c(c3)OCO4)C2=O)cc(Br)c1OCc1ccc(Br)cc1. The Bertz CT molecular complexity index is 1450. The minimum absolute atomic E-state index is 0.0438. The van der Waals surface area contributed by atoms with Crippen LogP contribution in [-0.2, 0) is 16.2 Å². The number of hydrogen-bond donors (Lipinski definition) is 1. The van der Waals surface area contributed by atoms with E-state index in [1.807, 2.05) is 24.3 Å². The van der Waals surface area contributed by atoms with Crippen molar-refractivity contribution in [2.24, 2.45) is 0 Å². The summed E-state index contributed by atoms with van der Waals surface area (Å²) in [5.41, 5.74) is 1.45. The summed E-state index contributed by atoms with van der Waals surface area (Å²) in [4.78, 5) is 39.3. The minimum atomic E-state index is -0.860. The smallest absolute Gasteiger partial charge is 0.335 e. The third-order valence-corrected chi connectivity index (χ3v) is 6.69. The van der Waals surface area contributed by atoms with Crippen molar-refractivity contribution in [1.82, 2.24) is 5.32 Å². The molecule has 0 aromatic heterocycles. The second kappa shape index (κ2) is 10.3. The fourth-order valence-electron chi connectivity index (χ4n) is 3.78. The van der Waals surface area contributed by atoms with E-state index in [2.05, 4.69) is 37.2 Å². The van der Waals surface area contributed by atoms with Crippen molar-refractivity contribution in [3.05, 3.63) is 80.2 Å². The monoisotopic (exact) mass is 628 g/mol. The second-order valence-corrected chi connectivity index (χ2v) is 9.71. The molecule has 0 saturated carbocycles. The van der Waals surface area contributed by atoms with Crippen LogP contribution in [0.4, 0.5) is 10.5 Å². The van der Waals surface area contributed by atoms with E-state index in [1.54, 1.807) is 18.2 Å². The highest BCUT2D eigenvalue weighted by molar-refractivity contribution is 9.10. The quantitative estimate of drug-likeness (QED) is 0.295. The van der Waals surface area contributed by atoms with Crippen LogP contribution in [0.5, 0.6) is 23.0 Å². The second-order valence-electron chi connectivity index (χ2n) is 7.94. The van der Waals surface area contributed by atoms with Gasteiger partial charge in [-0.1, -0.05) is 28.1 Å². The summed E-state index contributed by atoms with van der Waals surface area (Å²) in [5, 5.41) is 2.21. The molecule has 2 aliphatic heterocycles. The van der Waals surface area contributed by atoms with Crippen molar-refractivity contribution < 1.29 is 33.3 Å². The van der Waals surface area contributed by atoms with Crippen molar-refractivity contribution in [1.29, 1.82) is 0 Å². The predicted molar refractivity (Wildman–Crippen MR) is 141 cm³/mol. The normalized spacial score (nSPS) is 15.7. The maximum absolute atomic E-state index is 13.3. The summed E-state index contributed by atoms with van der Waals surface area (Å²) in [6.45, 7) is 0.346. The molecule has 3 aromatic carbocycles. The van der Waals surface area contributed by atoms with Crippen LogP contribution >= 0.6 is 31.9 Å². The van der Waals surface area contributed by atoms with Gasteiger partial charge in [-0.2, -0.15) is 0 Å². The zero-order chi connectivity index (χ0) is 26.1. The Hall–Kier alpha value is -3.83. The van der Waals surface area contributed by atoms with Gasteiger partial charge in [0.2, 0.25) is 6.79 Å². The van der Waals surface area contributed by atoms with Crippen LogP contribution in [0.1, 0.15) is 11.1 Å². The number of benzene rings is 3. The van der Waals surface area contributed by atoms with Crippen LogP contribution in [-0.4, -0.2) is 31.7 Å². The number of barbiturate groups is 1. The molecule has 0 aliphatic carbocycles. The average Bonchev–Trinajstić information content (AvgIpc) is 3.34. The first-order valence-electron chi connectivity index (χ1n) is 10.9. The first kappa shape index (κ1) is 24.8. The topological polar surface area (TPSA) is 103 Å². The molecule has 0 atom stereocenters. The van der Waals surface area contributed by atoms with Crippen molar-refractivity contribution in [3.63, 3.8) is 0 Å². The Balaban J connectivity index is 1.43. The Morgan fingerprint density at radius 1 is 1.00 bits per heavy atom. The number of amides is 4. The molecule has 4 amide bonds. The van der Waals surface area contributed by atoms with Gasteiger partial charge >= 0.3 is 6.03 Å². The van der Waals surface area contributed by atoms with Crippen molar-refractivity contribution in [3.8, 4) is 23.0 Å². The van der Waals surface area contributed by atoms with Gasteiger partial charge in [0.1, 0.15) is 12.2 Å². The lowest BCUT2D eigenvalue weighted by Gasteiger charge is -2.26. The van der Waals surface area contributed by atoms with E-state index < -0.39 is 17.8 Å². The molecule has 3 aromatic rings. The Kier molecular flexibility index (Phi) is 6.90. The molecule has 0 bridgehead atoms. The highest BCUT2D eigenvalue weighted by Crippen LogP contribution is 2.39. The number of methoxy groups -OCH3 is 1. The van der Waals surface area contributed by atoms with Gasteiger partial charge in [-0.15, -0.1) is 0 Å². The molecule has 1 fully saturated rings. The Morgan fingerprint density at radius 3 is 2.51 bits per heavy atom. The highest BCUT2D eigenvalue weighted by Gasteiger charge is 2.37. The summed E-state index contributed by atoms with van der Waals surface area (Å²) in [7, 11) is 1.49. The van der Waals surface area contributed by atoms with Gasteiger partial charge in [-0.05, 0) is 69.5 Å². The van der Waals surface area contributed by atoms with Crippen molar-refractivity contribution in [2.45, 2.75) is 6.61 Å². The molecule has 0 radical (unpaired) electrons. The van der Waals surface area contributed by atoms with Crippen LogP contribution in [0, 0.1) is 0 Å². The maximum atomic E-state index is 13.3. The van der Waals surface area contributed by atoms with Gasteiger partial charge in [-0.3, -0.25) is 14.9 Å². The predicted octanol–water partition coefficient (Wildman–Crippen LogP) is 5.19. The number of carbonyl (C=O) groups excluding carboxylic acids is 3. The Morgan fingerprint density at radius 2 is 1.76 bits per heavy atom. The van der Waals surface area contributed by atoms with Crippen molar-refractivity contribution in [2.75, 3.05) is 18.8 Å². The van der Waals surface area contributed by atoms with Crippen LogP contribution in [0.3, 0.4) is 0 Å². The standard InChI is InChI=1S/C26H18Br2N2O7/c1-34-22-10-15(9-19(28)23(22)35-12-14-2-4-16(27)5-3-14)8-18-24(31)29-26(33)30(25(18)32)17-6-7-20-21(11-17)37-13-36-20/h2-11H,12-13H2,1H3,(H,29,31,33)/b18-8+. The third-order valence-electron chi connectivity index (χ3n) is 5.58. The maximum Gasteiger partial charge on any atom is 0.335 e. The molecule has 0 unspecified atom stereocenters. The van der Waals surface area contributed by atoms with Crippen molar-refractivity contribution >= 4 is 61.5 Å². The molecule has 2 heterocycles. The van der Waals surface area contributed by atoms with Gasteiger partial charge in [-0.25, -0.2) is 9.69 Å². The number of imide groups is 2. The molecular formula is C26H18Br2N2O7. The molecular weight excluding hydrogens is 612 g/mol. The lowest BCUT2D eigenvalue weighted by molar-refractivity contribution is -0.122. The highest BCUT2D eigenvalue weighted by atomic mass is 79.9. The summed E-state index contributed by atoms with van der Waals surface area (Å²) < 4.78 is 23.6. The molecule has 0 spiro atoms. The minimum Gasteiger partial charge on any atom is -0.493 e. The van der Waals surface area contributed by atoms with E-state index in [4.69, 9.17) is 18.9 Å². The summed E-state index contributed by atoms with van der Waals surface area (Å²) in [6, 6.07) is 14.8. The molecule has 9 nitrogen and oxygen atoms in total. The summed E-state index contributed by atoms with van der Waals surface area (Å²) in [5.74, 6) is 0.165. The lowest BCUT2D eigenvalue weighted by atomic mass is 10.1. The third kappa shape index (κ3) is 5.05. The van der Waals surface area contributed by atoms with Crippen LogP contribution in [0.15, 0.2) is 69.1 Å². The molecule has 1 N–H and O–H groups in total. The molecule has 37 heavy (non-hydrogen) atoms. The number of anilines is 1. The molecule has 5 rings (SSSR count). The Labute approximate surface area is 228 Å². The molecule has 2 aliphatic rings. The molecule has 1 saturated heterocycles. The zero-order valence-corrected chi connectivity index (χ0v) is 22.4. The number of fused-ring (bicyclic) bond motifs is 1. The fourth-order valence-corrected chi connectivity index (χ4v) is 4.62. The average molecular weight is 630 g/mol. The van der Waals surface area contributed by atoms with Gasteiger partial charge in [0, 0.05) is 10.5 Å². The number of carbonyl (C=O) groups is 3. The van der Waals surface area contributed by atoms with Gasteiger partial charge < -0.3 is 18.9 Å². The van der Waals surface area contributed by atoms with E-state index in [9.17, 15) is 14.4 Å². The summed E-state index contributed by atoms with van der Waals surface area (Å²) in [6.07, 6.45) is 1.38. The fraction of sp³-hybridized carbons (Fsp3) is 0.115. The zero-order valence-electron chi connectivity index (χ0n) is 19.2. The van der Waals surface area contributed by atoms with Gasteiger partial charge in [0.15, 0.2) is 23.0 Å². The number of rotatable bonds is 6. The van der Waals surface area contributed by atoms with E-state index >= 15 is 0 Å². The van der Waals surface area contributed by atoms with Crippen LogP contribution < -0.4 is 29.2 Å². The number of hydrogen-bond acceptors (Lipinski definition) is 7. The lowest BCUT2D eigenvalue weighted by Crippen LogP contribution is -2.54. The van der Waals surface area contributed by atoms with E-state index in [0.717, 1.165) is 14.9 Å². The molecule has 11 heteroatoms. The summed E-state index contributed by atoms with van der Waals surface area (Å²) >= 11 is 6.89. The van der Waals surface area contributed by atoms with Crippen LogP contribution in [0.25, 0.3) is 6.08 Å². The number of nitrogens with one attached hydrogen (secondary N) is 1. The molecule has 188 valence electrons. The van der Waals surface area contributed by atoms with E-state index in [0.29, 0.717) is 39.6 Å². The first-order valence-corrected chi connectivity index (χ1v) is 12.5. The first-order chi connectivity index (χ1) is 17.8. The number of ether oxygens (including phenoxy) is 4. The van der Waals surface area contributed by atoms with Gasteiger partial charge in [0.05, 0.1) is 17.3 Å². The van der Waals surface area contributed by atoms with E-state index in [1.165, 1.54) is 25.3 Å². The van der Waals surface area contributed by atoms with E-state index in [-0.39, 0.29) is 18.1 Å². The largest absolute Gasteiger partial charge is 0.493 e. The van der Waals surface area contributed by atoms with Gasteiger partial charge in [0.25, 0.3) is 11.8 Å². The number of halogens is 2. The number of nitrogens with zero attached hydrogens (tertiary/aromatic N) is 1.